The molecule has 6 nitrogen and oxygen atoms in total. The summed E-state index contributed by atoms with van der Waals surface area (Å²) in [7, 11) is 0. The fourth-order valence-corrected chi connectivity index (χ4v) is 4.06. The smallest absolute Gasteiger partial charge is 0.286 e. The molecule has 0 radical (unpaired) electrons. The minimum atomic E-state index is -0.269. The number of carbonyl (C=O) groups is 2. The molecule has 0 atom stereocenters. The Balaban J connectivity index is 1.60. The third-order valence-electron chi connectivity index (χ3n) is 4.53. The summed E-state index contributed by atoms with van der Waals surface area (Å²) in [5, 5.41) is 12.1. The van der Waals surface area contributed by atoms with Gasteiger partial charge in [0.05, 0.1) is 0 Å². The maximum Gasteiger partial charge on any atom is 0.286 e. The van der Waals surface area contributed by atoms with Crippen LogP contribution in [0.3, 0.4) is 0 Å². The van der Waals surface area contributed by atoms with Gasteiger partial charge in [-0.2, -0.15) is 0 Å². The molecule has 0 unspecified atom stereocenters. The summed E-state index contributed by atoms with van der Waals surface area (Å²) in [5.74, 6) is 0.273. The van der Waals surface area contributed by atoms with Crippen LogP contribution in [-0.2, 0) is 6.42 Å². The van der Waals surface area contributed by atoms with Crippen LogP contribution in [0.1, 0.15) is 64.7 Å². The monoisotopic (exact) mass is 386 g/mol. The van der Waals surface area contributed by atoms with Crippen LogP contribution < -0.4 is 5.32 Å². The first-order chi connectivity index (χ1) is 13.0. The largest absolute Gasteiger partial charge is 0.339 e. The van der Waals surface area contributed by atoms with Gasteiger partial charge in [0, 0.05) is 30.8 Å². The van der Waals surface area contributed by atoms with E-state index < -0.39 is 0 Å². The molecular formula is C20H26N4O2S. The van der Waals surface area contributed by atoms with Crippen molar-refractivity contribution in [3.05, 3.63) is 39.8 Å². The van der Waals surface area contributed by atoms with Gasteiger partial charge in [0.15, 0.2) is 0 Å². The van der Waals surface area contributed by atoms with Crippen molar-refractivity contribution in [3.63, 3.8) is 0 Å². The Morgan fingerprint density at radius 1 is 1.07 bits per heavy atom. The van der Waals surface area contributed by atoms with Crippen LogP contribution in [0.25, 0.3) is 0 Å². The van der Waals surface area contributed by atoms with Crippen LogP contribution in [0, 0.1) is 5.92 Å². The molecule has 0 aliphatic carbocycles. The number of benzene rings is 1. The Kier molecular flexibility index (Phi) is 6.55. The number of aromatic nitrogens is 2. The number of amides is 2. The molecule has 0 saturated carbocycles. The van der Waals surface area contributed by atoms with Crippen LogP contribution in [-0.4, -0.2) is 40.0 Å². The van der Waals surface area contributed by atoms with Crippen molar-refractivity contribution in [1.82, 2.24) is 15.1 Å². The first-order valence-electron chi connectivity index (χ1n) is 9.56. The van der Waals surface area contributed by atoms with E-state index in [0.29, 0.717) is 22.2 Å². The third kappa shape index (κ3) is 5.35. The lowest BCUT2D eigenvalue weighted by Crippen LogP contribution is -2.31. The number of nitrogens with zero attached hydrogens (tertiary/aromatic N) is 3. The van der Waals surface area contributed by atoms with E-state index in [0.717, 1.165) is 37.4 Å². The molecule has 2 heterocycles. The van der Waals surface area contributed by atoms with E-state index >= 15 is 0 Å². The van der Waals surface area contributed by atoms with Crippen LogP contribution >= 0.6 is 11.3 Å². The molecule has 1 aliphatic rings. The molecule has 7 heteroatoms. The van der Waals surface area contributed by atoms with E-state index in [1.54, 1.807) is 24.3 Å². The summed E-state index contributed by atoms with van der Waals surface area (Å²) in [6.45, 7) is 5.87. The molecule has 144 valence electrons. The van der Waals surface area contributed by atoms with Crippen molar-refractivity contribution < 1.29 is 9.59 Å². The highest BCUT2D eigenvalue weighted by molar-refractivity contribution is 7.13. The summed E-state index contributed by atoms with van der Waals surface area (Å²) in [5.41, 5.74) is 1.30. The zero-order chi connectivity index (χ0) is 19.2. The van der Waals surface area contributed by atoms with E-state index in [-0.39, 0.29) is 11.8 Å². The van der Waals surface area contributed by atoms with Crippen LogP contribution in [0.15, 0.2) is 24.3 Å². The molecule has 1 N–H and O–H groups in total. The van der Waals surface area contributed by atoms with Gasteiger partial charge in [-0.05, 0) is 43.0 Å². The van der Waals surface area contributed by atoms with Gasteiger partial charge in [-0.15, -0.1) is 10.2 Å². The molecule has 2 aromatic rings. The van der Waals surface area contributed by atoms with Crippen molar-refractivity contribution in [1.29, 1.82) is 0 Å². The van der Waals surface area contributed by atoms with E-state index in [2.05, 4.69) is 29.4 Å². The number of hydrogen-bond acceptors (Lipinski definition) is 5. The fraction of sp³-hybridized carbons (Fsp3) is 0.500. The molecule has 3 rings (SSSR count). The average Bonchev–Trinajstić information content (AvgIpc) is 2.94. The molecule has 1 fully saturated rings. The second-order valence-corrected chi connectivity index (χ2v) is 8.40. The molecule has 1 saturated heterocycles. The standard InChI is InChI=1S/C20H26N4O2S/c1-14(2)13-17-22-23-19(27-17)18(25)21-16-9-7-15(8-10-16)20(26)24-11-5-3-4-6-12-24/h7-10,14H,3-6,11-13H2,1-2H3,(H,21,25). The molecule has 0 spiro atoms. The number of nitrogens with one attached hydrogen (secondary N) is 1. The van der Waals surface area contributed by atoms with Gasteiger partial charge in [0.2, 0.25) is 5.01 Å². The minimum Gasteiger partial charge on any atom is -0.339 e. The Bertz CT molecular complexity index is 778. The summed E-state index contributed by atoms with van der Waals surface area (Å²) in [6.07, 6.45) is 5.35. The lowest BCUT2D eigenvalue weighted by Gasteiger charge is -2.20. The molecule has 27 heavy (non-hydrogen) atoms. The van der Waals surface area contributed by atoms with E-state index in [4.69, 9.17) is 0 Å². The first kappa shape index (κ1) is 19.5. The normalized spacial score (nSPS) is 14.9. The molecule has 2 amide bonds. The number of hydrogen-bond donors (Lipinski definition) is 1. The van der Waals surface area contributed by atoms with E-state index in [1.165, 1.54) is 24.2 Å². The lowest BCUT2D eigenvalue weighted by molar-refractivity contribution is 0.0761. The second-order valence-electron chi connectivity index (χ2n) is 7.34. The second kappa shape index (κ2) is 9.08. The highest BCUT2D eigenvalue weighted by Crippen LogP contribution is 2.18. The van der Waals surface area contributed by atoms with Gasteiger partial charge in [-0.3, -0.25) is 9.59 Å². The number of anilines is 1. The van der Waals surface area contributed by atoms with Gasteiger partial charge in [0.25, 0.3) is 11.8 Å². The topological polar surface area (TPSA) is 75.2 Å². The zero-order valence-electron chi connectivity index (χ0n) is 15.9. The van der Waals surface area contributed by atoms with Crippen LogP contribution in [0.4, 0.5) is 5.69 Å². The summed E-state index contributed by atoms with van der Waals surface area (Å²) in [4.78, 5) is 26.9. The summed E-state index contributed by atoms with van der Waals surface area (Å²) in [6, 6.07) is 7.07. The van der Waals surface area contributed by atoms with Gasteiger partial charge < -0.3 is 10.2 Å². The Hall–Kier alpha value is -2.28. The highest BCUT2D eigenvalue weighted by atomic mass is 32.1. The predicted molar refractivity (Wildman–Crippen MR) is 107 cm³/mol. The Labute approximate surface area is 164 Å². The van der Waals surface area contributed by atoms with Gasteiger partial charge in [0.1, 0.15) is 5.01 Å². The average molecular weight is 387 g/mol. The molecule has 0 bridgehead atoms. The fourth-order valence-electron chi connectivity index (χ4n) is 3.11. The van der Waals surface area contributed by atoms with Gasteiger partial charge in [-0.25, -0.2) is 0 Å². The maximum absolute atomic E-state index is 12.6. The number of likely N-dealkylation sites (tertiary alicyclic amines) is 1. The third-order valence-corrected chi connectivity index (χ3v) is 5.47. The molecule has 1 aromatic carbocycles. The summed E-state index contributed by atoms with van der Waals surface area (Å²) >= 11 is 1.32. The Morgan fingerprint density at radius 3 is 2.37 bits per heavy atom. The van der Waals surface area contributed by atoms with Crippen molar-refractivity contribution in [2.45, 2.75) is 46.0 Å². The van der Waals surface area contributed by atoms with E-state index in [9.17, 15) is 9.59 Å². The minimum absolute atomic E-state index is 0.0669. The molecule has 1 aromatic heterocycles. The Morgan fingerprint density at radius 2 is 1.74 bits per heavy atom. The van der Waals surface area contributed by atoms with Crippen LogP contribution in [0.2, 0.25) is 0 Å². The first-order valence-corrected chi connectivity index (χ1v) is 10.4. The van der Waals surface area contributed by atoms with Gasteiger partial charge >= 0.3 is 0 Å². The number of rotatable bonds is 5. The quantitative estimate of drug-likeness (QED) is 0.843. The molecule has 1 aliphatic heterocycles. The lowest BCUT2D eigenvalue weighted by atomic mass is 10.1. The molecular weight excluding hydrogens is 360 g/mol. The van der Waals surface area contributed by atoms with E-state index in [1.807, 2.05) is 4.90 Å². The maximum atomic E-state index is 12.6. The van der Waals surface area contributed by atoms with Crippen molar-refractivity contribution in [2.75, 3.05) is 18.4 Å². The predicted octanol–water partition coefficient (Wildman–Crippen LogP) is 4.01. The zero-order valence-corrected chi connectivity index (χ0v) is 16.7. The highest BCUT2D eigenvalue weighted by Gasteiger charge is 2.18. The van der Waals surface area contributed by atoms with Crippen LogP contribution in [0.5, 0.6) is 0 Å². The van der Waals surface area contributed by atoms with Crippen molar-refractivity contribution in [3.8, 4) is 0 Å². The SMILES string of the molecule is CC(C)Cc1nnc(C(=O)Nc2ccc(C(=O)N3CCCCCC3)cc2)s1. The number of carbonyl (C=O) groups excluding carboxylic acids is 2. The van der Waals surface area contributed by atoms with Crippen molar-refractivity contribution in [2.24, 2.45) is 5.92 Å². The summed E-state index contributed by atoms with van der Waals surface area (Å²) < 4.78 is 0. The van der Waals surface area contributed by atoms with Gasteiger partial charge in [-0.1, -0.05) is 38.0 Å². The van der Waals surface area contributed by atoms with Crippen molar-refractivity contribution >= 4 is 28.8 Å².